The average molecular weight is 761 g/mol. The van der Waals surface area contributed by atoms with E-state index < -0.39 is 0 Å². The summed E-state index contributed by atoms with van der Waals surface area (Å²) in [6.45, 7) is 3.17. The first kappa shape index (κ1) is 36.9. The van der Waals surface area contributed by atoms with Crippen LogP contribution in [0.25, 0.3) is 22.4 Å². The number of nitrogens with one attached hydrogen (secondary N) is 2. The highest BCUT2D eigenvalue weighted by molar-refractivity contribution is 6.36. The maximum atomic E-state index is 12.0. The van der Waals surface area contributed by atoms with E-state index in [1.165, 1.54) is 7.11 Å². The first-order chi connectivity index (χ1) is 25.8. The summed E-state index contributed by atoms with van der Waals surface area (Å²) in [5.41, 5.74) is 7.42. The molecule has 13 heteroatoms. The molecule has 11 nitrogen and oxygen atoms in total. The van der Waals surface area contributed by atoms with E-state index in [4.69, 9.17) is 47.1 Å². The highest BCUT2D eigenvalue weighted by Crippen LogP contribution is 2.45. The number of aromatic nitrogens is 2. The number of rotatable bonds is 13. The normalized spacial score (nSPS) is 19.6. The number of amides is 1. The molecule has 0 spiro atoms. The van der Waals surface area contributed by atoms with Gasteiger partial charge in [-0.2, -0.15) is 4.98 Å². The minimum atomic E-state index is -0.260. The first-order valence-electron chi connectivity index (χ1n) is 17.9. The summed E-state index contributed by atoms with van der Waals surface area (Å²) >= 11 is 14.0. The van der Waals surface area contributed by atoms with Crippen LogP contribution in [0, 0.1) is 5.92 Å². The van der Waals surface area contributed by atoms with E-state index in [0.29, 0.717) is 66.0 Å². The molecule has 278 valence electrons. The number of likely N-dealkylation sites (tertiary alicyclic amines) is 1. The Balaban J connectivity index is 1.07. The molecule has 2 N–H and O–H groups in total. The highest BCUT2D eigenvalue weighted by Gasteiger charge is 2.31. The van der Waals surface area contributed by atoms with Crippen molar-refractivity contribution in [3.8, 4) is 40.0 Å². The molecule has 3 atom stereocenters. The molecule has 3 aliphatic rings. The van der Waals surface area contributed by atoms with Gasteiger partial charge in [0.15, 0.2) is 0 Å². The summed E-state index contributed by atoms with van der Waals surface area (Å²) in [5.74, 6) is 1.05. The lowest BCUT2D eigenvalue weighted by Crippen LogP contribution is -2.35. The lowest BCUT2D eigenvalue weighted by molar-refractivity contribution is -0.145. The Bertz CT molecular complexity index is 2010. The van der Waals surface area contributed by atoms with Crippen molar-refractivity contribution in [1.82, 2.24) is 25.5 Å². The second kappa shape index (κ2) is 16.3. The van der Waals surface area contributed by atoms with Crippen molar-refractivity contribution in [2.75, 3.05) is 41.0 Å². The van der Waals surface area contributed by atoms with Crippen LogP contribution in [0.15, 0.2) is 54.6 Å². The van der Waals surface area contributed by atoms with Gasteiger partial charge in [0, 0.05) is 60.9 Å². The van der Waals surface area contributed by atoms with E-state index >= 15 is 0 Å². The Morgan fingerprint density at radius 2 is 1.68 bits per heavy atom. The van der Waals surface area contributed by atoms with Gasteiger partial charge in [0.2, 0.25) is 23.5 Å². The fraction of sp³-hybridized carbons (Fsp3) is 0.400. The van der Waals surface area contributed by atoms with Crippen LogP contribution in [-0.4, -0.2) is 73.7 Å². The van der Waals surface area contributed by atoms with Crippen LogP contribution in [-0.2, 0) is 33.8 Å². The monoisotopic (exact) mass is 759 g/mol. The van der Waals surface area contributed by atoms with E-state index in [9.17, 15) is 9.59 Å². The SMILES string of the molecule is COC(=O)[C@@H]1CCN(Cc2cc(Cl)c(O[C@H]3CCc4c(-c5cccc(-c6ccc(CNC[C@@H]7CCC(=O)N7)c(OC)n6)c5Cl)cccc43)nc2OC)C1. The van der Waals surface area contributed by atoms with Gasteiger partial charge in [0.05, 0.1) is 38.0 Å². The minimum absolute atomic E-state index is 0.102. The lowest BCUT2D eigenvalue weighted by atomic mass is 9.94. The number of hydrogen-bond donors (Lipinski definition) is 2. The summed E-state index contributed by atoms with van der Waals surface area (Å²) in [6.07, 6.45) is 3.43. The fourth-order valence-electron chi connectivity index (χ4n) is 7.65. The molecule has 7 rings (SSSR count). The number of ether oxygens (including phenoxy) is 4. The van der Waals surface area contributed by atoms with Gasteiger partial charge in [0.25, 0.3) is 0 Å². The van der Waals surface area contributed by atoms with E-state index in [2.05, 4.69) is 32.7 Å². The molecule has 2 aromatic carbocycles. The lowest BCUT2D eigenvalue weighted by Gasteiger charge is -2.20. The molecule has 1 amide bonds. The number of nitrogens with zero attached hydrogens (tertiary/aromatic N) is 3. The van der Waals surface area contributed by atoms with Crippen molar-refractivity contribution in [2.24, 2.45) is 5.92 Å². The number of fused-ring (bicyclic) bond motifs is 1. The molecular formula is C40H43Cl2N5O6. The van der Waals surface area contributed by atoms with Crippen LogP contribution in [0.1, 0.15) is 54.0 Å². The van der Waals surface area contributed by atoms with Crippen LogP contribution in [0.2, 0.25) is 10.0 Å². The summed E-state index contributed by atoms with van der Waals surface area (Å²) in [5, 5.41) is 7.39. The molecule has 0 radical (unpaired) electrons. The average Bonchev–Trinajstić information content (AvgIpc) is 3.93. The third kappa shape index (κ3) is 7.94. The number of methoxy groups -OCH3 is 3. The summed E-state index contributed by atoms with van der Waals surface area (Å²) < 4.78 is 22.8. The number of pyridine rings is 2. The highest BCUT2D eigenvalue weighted by atomic mass is 35.5. The summed E-state index contributed by atoms with van der Waals surface area (Å²) in [6, 6.07) is 18.1. The maximum Gasteiger partial charge on any atom is 0.310 e. The van der Waals surface area contributed by atoms with Gasteiger partial charge in [-0.1, -0.05) is 65.7 Å². The molecule has 2 aromatic heterocycles. The van der Waals surface area contributed by atoms with Crippen molar-refractivity contribution in [3.63, 3.8) is 0 Å². The van der Waals surface area contributed by atoms with E-state index in [1.807, 2.05) is 42.5 Å². The molecule has 2 aliphatic heterocycles. The van der Waals surface area contributed by atoms with Crippen molar-refractivity contribution in [3.05, 3.63) is 86.9 Å². The maximum absolute atomic E-state index is 12.0. The van der Waals surface area contributed by atoms with Crippen LogP contribution in [0.5, 0.6) is 17.6 Å². The molecule has 0 unspecified atom stereocenters. The molecule has 2 fully saturated rings. The fourth-order valence-corrected chi connectivity index (χ4v) is 8.19. The third-order valence-corrected chi connectivity index (χ3v) is 11.0. The quantitative estimate of drug-likeness (QED) is 0.145. The van der Waals surface area contributed by atoms with Crippen LogP contribution in [0.4, 0.5) is 0 Å². The van der Waals surface area contributed by atoms with Crippen molar-refractivity contribution in [1.29, 1.82) is 0 Å². The van der Waals surface area contributed by atoms with Gasteiger partial charge in [-0.25, -0.2) is 4.98 Å². The first-order valence-corrected chi connectivity index (χ1v) is 18.7. The van der Waals surface area contributed by atoms with Gasteiger partial charge in [-0.05, 0) is 61.1 Å². The van der Waals surface area contributed by atoms with Crippen molar-refractivity contribution >= 4 is 35.1 Å². The molecule has 0 saturated carbocycles. The topological polar surface area (TPSA) is 124 Å². The number of carbonyl (C=O) groups is 2. The summed E-state index contributed by atoms with van der Waals surface area (Å²) in [4.78, 5) is 35.3. The Kier molecular flexibility index (Phi) is 11.4. The Morgan fingerprint density at radius 1 is 0.906 bits per heavy atom. The molecular weight excluding hydrogens is 717 g/mol. The van der Waals surface area contributed by atoms with Gasteiger partial charge in [-0.3, -0.25) is 14.5 Å². The minimum Gasteiger partial charge on any atom is -0.481 e. The molecule has 1 aliphatic carbocycles. The molecule has 0 bridgehead atoms. The van der Waals surface area contributed by atoms with Gasteiger partial charge < -0.3 is 29.6 Å². The smallest absolute Gasteiger partial charge is 0.310 e. The zero-order valence-corrected chi connectivity index (χ0v) is 31.6. The molecule has 4 heterocycles. The number of hydrogen-bond acceptors (Lipinski definition) is 10. The second-order valence-electron chi connectivity index (χ2n) is 13.7. The third-order valence-electron chi connectivity index (χ3n) is 10.3. The predicted molar refractivity (Wildman–Crippen MR) is 202 cm³/mol. The van der Waals surface area contributed by atoms with Crippen LogP contribution >= 0.6 is 23.2 Å². The predicted octanol–water partition coefficient (Wildman–Crippen LogP) is 6.56. The molecule has 4 aromatic rings. The largest absolute Gasteiger partial charge is 0.481 e. The van der Waals surface area contributed by atoms with Crippen LogP contribution in [0.3, 0.4) is 0 Å². The Hall–Kier alpha value is -4.42. The zero-order valence-electron chi connectivity index (χ0n) is 30.0. The number of carbonyl (C=O) groups excluding carboxylic acids is 2. The number of benzene rings is 2. The summed E-state index contributed by atoms with van der Waals surface area (Å²) in [7, 11) is 4.62. The van der Waals surface area contributed by atoms with Gasteiger partial charge in [-0.15, -0.1) is 0 Å². The second-order valence-corrected chi connectivity index (χ2v) is 14.5. The Labute approximate surface area is 319 Å². The van der Waals surface area contributed by atoms with Gasteiger partial charge >= 0.3 is 5.97 Å². The zero-order chi connectivity index (χ0) is 37.1. The van der Waals surface area contributed by atoms with E-state index in [-0.39, 0.29) is 29.9 Å². The number of halogens is 2. The van der Waals surface area contributed by atoms with Crippen molar-refractivity contribution in [2.45, 2.75) is 57.3 Å². The van der Waals surface area contributed by atoms with E-state index in [0.717, 1.165) is 71.2 Å². The molecule has 2 saturated heterocycles. The van der Waals surface area contributed by atoms with E-state index in [1.54, 1.807) is 14.2 Å². The van der Waals surface area contributed by atoms with Crippen LogP contribution < -0.4 is 24.8 Å². The molecule has 53 heavy (non-hydrogen) atoms. The Morgan fingerprint density at radius 3 is 2.45 bits per heavy atom. The van der Waals surface area contributed by atoms with Gasteiger partial charge in [0.1, 0.15) is 11.1 Å². The van der Waals surface area contributed by atoms with Crippen molar-refractivity contribution < 1.29 is 28.5 Å². The number of esters is 1. The standard InChI is InChI=1S/C40H43Cl2N5O6/c1-50-37-23(19-43-20-26-11-15-35(48)44-26)10-13-33(45-37)31-9-5-8-30(36(31)42)27-6-4-7-29-28(27)12-14-34(29)53-39-32(41)18-25(38(46-39)51-2)22-47-17-16-24(21-47)40(49)52-3/h4-10,13,18,24,26,34,43H,11-12,14-17,19-22H2,1-3H3,(H,44,48)/t24-,26+,34+/m1/s1.